The van der Waals surface area contributed by atoms with Gasteiger partial charge in [0.15, 0.2) is 5.65 Å². The van der Waals surface area contributed by atoms with Crippen molar-refractivity contribution in [2.45, 2.75) is 31.6 Å². The summed E-state index contributed by atoms with van der Waals surface area (Å²) >= 11 is 0. The Hall–Kier alpha value is -3.09. The van der Waals surface area contributed by atoms with Crippen LogP contribution in [-0.2, 0) is 4.79 Å². The van der Waals surface area contributed by atoms with Crippen molar-refractivity contribution in [2.75, 3.05) is 30.4 Å². The molecule has 150 valence electrons. The zero-order valence-corrected chi connectivity index (χ0v) is 16.5. The van der Waals surface area contributed by atoms with Crippen molar-refractivity contribution in [1.82, 2.24) is 14.6 Å². The number of para-hydroxylation sites is 1. The standard InChI is InChI=1S/C22H25N5O2/c1-29-18-6-3-2-5-17(18)15-11-13-26(14-12-15)20-8-4-7-19-23-22(25-27(19)20)24-21(28)16-9-10-16/h2-8,15-16H,9-14H2,1H3,(H,24,25,28). The van der Waals surface area contributed by atoms with Crippen LogP contribution in [0.3, 0.4) is 0 Å². The van der Waals surface area contributed by atoms with Crippen LogP contribution in [0, 0.1) is 5.92 Å². The molecule has 1 amide bonds. The van der Waals surface area contributed by atoms with E-state index in [1.54, 1.807) is 7.11 Å². The summed E-state index contributed by atoms with van der Waals surface area (Å²) in [5.74, 6) is 3.03. The van der Waals surface area contributed by atoms with Crippen molar-refractivity contribution in [3.63, 3.8) is 0 Å². The molecule has 2 aromatic heterocycles. The van der Waals surface area contributed by atoms with Gasteiger partial charge in [-0.15, -0.1) is 5.10 Å². The van der Waals surface area contributed by atoms with E-state index < -0.39 is 0 Å². The minimum absolute atomic E-state index is 0.0279. The molecule has 7 nitrogen and oxygen atoms in total. The Bertz CT molecular complexity index is 1030. The van der Waals surface area contributed by atoms with E-state index >= 15 is 0 Å². The molecule has 0 bridgehead atoms. The molecule has 3 heterocycles. The van der Waals surface area contributed by atoms with Crippen LogP contribution in [-0.4, -0.2) is 40.7 Å². The largest absolute Gasteiger partial charge is 0.496 e. The number of methoxy groups -OCH3 is 1. The Morgan fingerprint density at radius 2 is 1.86 bits per heavy atom. The first kappa shape index (κ1) is 18.0. The highest BCUT2D eigenvalue weighted by molar-refractivity contribution is 5.92. The van der Waals surface area contributed by atoms with Gasteiger partial charge in [0, 0.05) is 19.0 Å². The zero-order valence-electron chi connectivity index (χ0n) is 16.5. The summed E-state index contributed by atoms with van der Waals surface area (Å²) in [6.45, 7) is 1.87. The van der Waals surface area contributed by atoms with E-state index in [9.17, 15) is 4.79 Å². The maximum absolute atomic E-state index is 12.0. The molecule has 0 unspecified atom stereocenters. The first-order valence-electron chi connectivity index (χ1n) is 10.3. The van der Waals surface area contributed by atoms with Crippen LogP contribution in [0.4, 0.5) is 11.8 Å². The monoisotopic (exact) mass is 391 g/mol. The number of amides is 1. The lowest BCUT2D eigenvalue weighted by Crippen LogP contribution is -2.34. The normalized spacial score (nSPS) is 17.5. The number of hydrogen-bond acceptors (Lipinski definition) is 5. The Balaban J connectivity index is 1.33. The first-order valence-corrected chi connectivity index (χ1v) is 10.3. The number of rotatable bonds is 5. The lowest BCUT2D eigenvalue weighted by Gasteiger charge is -2.34. The van der Waals surface area contributed by atoms with Crippen molar-refractivity contribution in [3.05, 3.63) is 48.0 Å². The van der Waals surface area contributed by atoms with Crippen LogP contribution < -0.4 is 15.0 Å². The van der Waals surface area contributed by atoms with Gasteiger partial charge < -0.3 is 9.64 Å². The fourth-order valence-electron chi connectivity index (χ4n) is 4.16. The molecule has 1 aromatic carbocycles. The molecule has 7 heteroatoms. The molecule has 0 atom stereocenters. The lowest BCUT2D eigenvalue weighted by atomic mass is 9.89. The van der Waals surface area contributed by atoms with Crippen LogP contribution in [0.5, 0.6) is 5.75 Å². The highest BCUT2D eigenvalue weighted by Crippen LogP contribution is 2.35. The summed E-state index contributed by atoms with van der Waals surface area (Å²) in [7, 11) is 1.74. The van der Waals surface area contributed by atoms with Crippen LogP contribution in [0.15, 0.2) is 42.5 Å². The average Bonchev–Trinajstić information content (AvgIpc) is 3.54. The van der Waals surface area contributed by atoms with Crippen molar-refractivity contribution >= 4 is 23.3 Å². The number of ether oxygens (including phenoxy) is 1. The minimum atomic E-state index is 0.0279. The van der Waals surface area contributed by atoms with Gasteiger partial charge in [-0.05, 0) is 55.4 Å². The molecular formula is C22H25N5O2. The summed E-state index contributed by atoms with van der Waals surface area (Å²) in [5.41, 5.74) is 2.04. The van der Waals surface area contributed by atoms with E-state index in [2.05, 4.69) is 38.5 Å². The molecule has 1 saturated heterocycles. The van der Waals surface area contributed by atoms with Gasteiger partial charge in [0.05, 0.1) is 7.11 Å². The van der Waals surface area contributed by atoms with E-state index in [0.717, 1.165) is 56.0 Å². The molecule has 0 radical (unpaired) electrons. The zero-order chi connectivity index (χ0) is 19.8. The number of carbonyl (C=O) groups excluding carboxylic acids is 1. The number of nitrogens with zero attached hydrogens (tertiary/aromatic N) is 4. The van der Waals surface area contributed by atoms with E-state index in [1.165, 1.54) is 5.56 Å². The van der Waals surface area contributed by atoms with Gasteiger partial charge in [0.1, 0.15) is 11.6 Å². The third-order valence-corrected chi connectivity index (χ3v) is 5.92. The highest BCUT2D eigenvalue weighted by Gasteiger charge is 2.30. The molecule has 1 saturated carbocycles. The maximum Gasteiger partial charge on any atom is 0.249 e. The van der Waals surface area contributed by atoms with Gasteiger partial charge in [-0.25, -0.2) is 0 Å². The van der Waals surface area contributed by atoms with Crippen LogP contribution >= 0.6 is 0 Å². The van der Waals surface area contributed by atoms with Crippen molar-refractivity contribution < 1.29 is 9.53 Å². The van der Waals surface area contributed by atoms with Gasteiger partial charge in [0.25, 0.3) is 0 Å². The predicted octanol–water partition coefficient (Wildman–Crippen LogP) is 3.47. The number of nitrogens with one attached hydrogen (secondary N) is 1. The predicted molar refractivity (Wildman–Crippen MR) is 112 cm³/mol. The molecule has 1 aliphatic carbocycles. The molecule has 3 aromatic rings. The summed E-state index contributed by atoms with van der Waals surface area (Å²) in [6.07, 6.45) is 4.03. The van der Waals surface area contributed by atoms with Gasteiger partial charge >= 0.3 is 0 Å². The SMILES string of the molecule is COc1ccccc1C1CCN(c2cccc3nc(NC(=O)C4CC4)nn23)CC1. The Morgan fingerprint density at radius 1 is 1.07 bits per heavy atom. The Labute approximate surface area is 169 Å². The number of piperidine rings is 1. The van der Waals surface area contributed by atoms with Gasteiger partial charge in [-0.1, -0.05) is 24.3 Å². The smallest absolute Gasteiger partial charge is 0.249 e. The number of benzene rings is 1. The topological polar surface area (TPSA) is 71.8 Å². The van der Waals surface area contributed by atoms with E-state index in [0.29, 0.717) is 11.9 Å². The number of fused-ring (bicyclic) bond motifs is 1. The van der Waals surface area contributed by atoms with Gasteiger partial charge in [0.2, 0.25) is 11.9 Å². The van der Waals surface area contributed by atoms with Crippen molar-refractivity contribution in [2.24, 2.45) is 5.92 Å². The van der Waals surface area contributed by atoms with E-state index in [-0.39, 0.29) is 11.8 Å². The lowest BCUT2D eigenvalue weighted by molar-refractivity contribution is -0.117. The molecule has 2 fully saturated rings. The van der Waals surface area contributed by atoms with Gasteiger partial charge in [-0.3, -0.25) is 10.1 Å². The van der Waals surface area contributed by atoms with Crippen LogP contribution in [0.25, 0.3) is 5.65 Å². The fourth-order valence-corrected chi connectivity index (χ4v) is 4.16. The highest BCUT2D eigenvalue weighted by atomic mass is 16.5. The third-order valence-electron chi connectivity index (χ3n) is 5.92. The Kier molecular flexibility index (Phi) is 4.58. The Morgan fingerprint density at radius 3 is 2.62 bits per heavy atom. The molecule has 1 N–H and O–H groups in total. The summed E-state index contributed by atoms with van der Waals surface area (Å²) in [6, 6.07) is 14.3. The van der Waals surface area contributed by atoms with Crippen molar-refractivity contribution in [3.8, 4) is 5.75 Å². The maximum atomic E-state index is 12.0. The number of hydrogen-bond donors (Lipinski definition) is 1. The number of pyridine rings is 1. The van der Waals surface area contributed by atoms with Gasteiger partial charge in [-0.2, -0.15) is 9.50 Å². The summed E-state index contributed by atoms with van der Waals surface area (Å²) in [5, 5.41) is 7.40. The summed E-state index contributed by atoms with van der Waals surface area (Å²) < 4.78 is 7.39. The molecule has 29 heavy (non-hydrogen) atoms. The third kappa shape index (κ3) is 3.52. The number of anilines is 2. The van der Waals surface area contributed by atoms with Crippen molar-refractivity contribution in [1.29, 1.82) is 0 Å². The molecule has 5 rings (SSSR count). The minimum Gasteiger partial charge on any atom is -0.496 e. The molecule has 0 spiro atoms. The van der Waals surface area contributed by atoms with E-state index in [4.69, 9.17) is 4.74 Å². The second-order valence-electron chi connectivity index (χ2n) is 7.86. The molecule has 2 aliphatic rings. The second-order valence-corrected chi connectivity index (χ2v) is 7.86. The van der Waals surface area contributed by atoms with Crippen LogP contribution in [0.2, 0.25) is 0 Å². The second kappa shape index (κ2) is 7.39. The average molecular weight is 391 g/mol. The quantitative estimate of drug-likeness (QED) is 0.721. The first-order chi connectivity index (χ1) is 14.2. The molecule has 1 aliphatic heterocycles. The number of carbonyl (C=O) groups is 1. The number of aromatic nitrogens is 3. The van der Waals surface area contributed by atoms with E-state index in [1.807, 2.05) is 28.8 Å². The fraction of sp³-hybridized carbons (Fsp3) is 0.409. The summed E-state index contributed by atoms with van der Waals surface area (Å²) in [4.78, 5) is 18.9. The molecular weight excluding hydrogens is 366 g/mol. The van der Waals surface area contributed by atoms with Crippen LogP contribution in [0.1, 0.15) is 37.2 Å².